The first-order valence-electron chi connectivity index (χ1n) is 7.23. The van der Waals surface area contributed by atoms with Crippen molar-refractivity contribution in [2.45, 2.75) is 61.3 Å². The molecule has 2 aliphatic heterocycles. The van der Waals surface area contributed by atoms with Crippen LogP contribution in [0.1, 0.15) is 0 Å². The summed E-state index contributed by atoms with van der Waals surface area (Å²) >= 11 is 0. The molecule has 0 bridgehead atoms. The van der Waals surface area contributed by atoms with Gasteiger partial charge in [0.25, 0.3) is 0 Å². The van der Waals surface area contributed by atoms with Gasteiger partial charge in [0, 0.05) is 0 Å². The Morgan fingerprint density at radius 3 is 1.96 bits per heavy atom. The van der Waals surface area contributed by atoms with Crippen LogP contribution in [0.15, 0.2) is 0 Å². The first-order valence-corrected chi connectivity index (χ1v) is 7.23. The van der Waals surface area contributed by atoms with E-state index in [4.69, 9.17) is 30.8 Å². The molecule has 0 aromatic carbocycles. The molecule has 11 nitrogen and oxygen atoms in total. The molecule has 136 valence electrons. The highest BCUT2D eigenvalue weighted by Crippen LogP contribution is 2.27. The Balaban J connectivity index is 2.11. The van der Waals surface area contributed by atoms with Crippen molar-refractivity contribution in [3.8, 4) is 0 Å². The zero-order chi connectivity index (χ0) is 17.3. The van der Waals surface area contributed by atoms with Gasteiger partial charge in [0.2, 0.25) is 0 Å². The highest BCUT2D eigenvalue weighted by molar-refractivity contribution is 4.95. The van der Waals surface area contributed by atoms with Crippen molar-refractivity contribution in [3.05, 3.63) is 0 Å². The van der Waals surface area contributed by atoms with Crippen molar-refractivity contribution >= 4 is 0 Å². The van der Waals surface area contributed by atoms with Gasteiger partial charge in [0.15, 0.2) is 12.6 Å². The maximum atomic E-state index is 10.1. The Kier molecular flexibility index (Phi) is 6.27. The van der Waals surface area contributed by atoms with E-state index in [-0.39, 0.29) is 0 Å². The lowest BCUT2D eigenvalue weighted by Gasteiger charge is -2.45. The van der Waals surface area contributed by atoms with Crippen LogP contribution in [0, 0.1) is 0 Å². The quantitative estimate of drug-likeness (QED) is 0.242. The fourth-order valence-electron chi connectivity index (χ4n) is 2.65. The molecule has 10 N–H and O–H groups in total. The zero-order valence-corrected chi connectivity index (χ0v) is 12.3. The largest absolute Gasteiger partial charge is 0.394 e. The third-order valence-corrected chi connectivity index (χ3v) is 4.14. The highest BCUT2D eigenvalue weighted by Gasteiger charge is 2.49. The van der Waals surface area contributed by atoms with Gasteiger partial charge in [-0.15, -0.1) is 0 Å². The van der Waals surface area contributed by atoms with E-state index in [2.05, 4.69) is 0 Å². The normalized spacial score (nSPS) is 51.7. The molecule has 0 saturated carbocycles. The molecule has 2 aliphatic rings. The summed E-state index contributed by atoms with van der Waals surface area (Å²) < 4.78 is 15.8. The van der Waals surface area contributed by atoms with Crippen LogP contribution < -0.4 is 11.5 Å². The molecule has 2 rings (SSSR count). The highest BCUT2D eigenvalue weighted by atomic mass is 16.7. The average Bonchev–Trinajstić information content (AvgIpc) is 2.55. The van der Waals surface area contributed by atoms with Crippen LogP contribution in [-0.4, -0.2) is 105 Å². The number of ether oxygens (including phenoxy) is 3. The van der Waals surface area contributed by atoms with E-state index in [1.807, 2.05) is 0 Å². The molecule has 2 fully saturated rings. The van der Waals surface area contributed by atoms with Gasteiger partial charge in [-0.25, -0.2) is 0 Å². The van der Waals surface area contributed by atoms with Gasteiger partial charge in [0.05, 0.1) is 25.3 Å². The summed E-state index contributed by atoms with van der Waals surface area (Å²) in [6, 6.07) is -2.37. The van der Waals surface area contributed by atoms with Gasteiger partial charge >= 0.3 is 0 Å². The monoisotopic (exact) mass is 340 g/mol. The molecule has 11 heteroatoms. The first-order chi connectivity index (χ1) is 10.8. The van der Waals surface area contributed by atoms with Gasteiger partial charge in [-0.1, -0.05) is 0 Å². The number of aliphatic hydroxyl groups excluding tert-OH is 6. The van der Waals surface area contributed by atoms with Crippen LogP contribution in [0.4, 0.5) is 0 Å². The maximum Gasteiger partial charge on any atom is 0.176 e. The minimum Gasteiger partial charge on any atom is -0.394 e. The molecule has 0 amide bonds. The summed E-state index contributed by atoms with van der Waals surface area (Å²) in [5.74, 6) is 0. The van der Waals surface area contributed by atoms with E-state index in [0.29, 0.717) is 0 Å². The first kappa shape index (κ1) is 18.9. The van der Waals surface area contributed by atoms with E-state index < -0.39 is 74.5 Å². The molecule has 0 spiro atoms. The van der Waals surface area contributed by atoms with Gasteiger partial charge in [-0.3, -0.25) is 0 Å². The molecule has 0 aromatic heterocycles. The average molecular weight is 340 g/mol. The van der Waals surface area contributed by atoms with E-state index in [1.165, 1.54) is 0 Å². The molecule has 2 saturated heterocycles. The second kappa shape index (κ2) is 7.63. The van der Waals surface area contributed by atoms with Crippen molar-refractivity contribution in [3.63, 3.8) is 0 Å². The van der Waals surface area contributed by atoms with Crippen molar-refractivity contribution in [2.75, 3.05) is 13.2 Å². The Hall–Kier alpha value is -0.440. The van der Waals surface area contributed by atoms with Crippen LogP contribution >= 0.6 is 0 Å². The van der Waals surface area contributed by atoms with E-state index in [0.717, 1.165) is 0 Å². The maximum absolute atomic E-state index is 10.1. The van der Waals surface area contributed by atoms with Crippen LogP contribution in [-0.2, 0) is 14.2 Å². The van der Waals surface area contributed by atoms with Crippen molar-refractivity contribution in [1.29, 1.82) is 0 Å². The predicted molar refractivity (Wildman–Crippen MR) is 72.6 cm³/mol. The van der Waals surface area contributed by atoms with Gasteiger partial charge in [-0.2, -0.15) is 0 Å². The Morgan fingerprint density at radius 1 is 0.783 bits per heavy atom. The zero-order valence-electron chi connectivity index (χ0n) is 12.3. The molecular weight excluding hydrogens is 316 g/mol. The summed E-state index contributed by atoms with van der Waals surface area (Å²) in [6.45, 7) is -1.17. The summed E-state index contributed by atoms with van der Waals surface area (Å²) in [5, 5.41) is 57.7. The lowest BCUT2D eigenvalue weighted by atomic mass is 9.95. The van der Waals surface area contributed by atoms with Crippen molar-refractivity contribution < 1.29 is 44.8 Å². The van der Waals surface area contributed by atoms with Crippen molar-refractivity contribution in [1.82, 2.24) is 0 Å². The number of rotatable bonds is 4. The molecule has 0 aromatic rings. The lowest BCUT2D eigenvalue weighted by molar-refractivity contribution is -0.324. The van der Waals surface area contributed by atoms with Gasteiger partial charge < -0.3 is 56.3 Å². The Bertz CT molecular complexity index is 386. The molecule has 6 unspecified atom stereocenters. The smallest absolute Gasteiger partial charge is 0.176 e. The van der Waals surface area contributed by atoms with Crippen LogP contribution in [0.5, 0.6) is 0 Å². The Labute approximate surface area is 132 Å². The van der Waals surface area contributed by atoms with Crippen LogP contribution in [0.2, 0.25) is 0 Å². The van der Waals surface area contributed by atoms with E-state index in [9.17, 15) is 25.5 Å². The van der Waals surface area contributed by atoms with E-state index in [1.54, 1.807) is 0 Å². The summed E-state index contributed by atoms with van der Waals surface area (Å²) in [6.07, 6.45) is -10.5. The molecule has 10 atom stereocenters. The summed E-state index contributed by atoms with van der Waals surface area (Å²) in [7, 11) is 0. The van der Waals surface area contributed by atoms with Crippen molar-refractivity contribution in [2.24, 2.45) is 11.5 Å². The minimum absolute atomic E-state index is 0.581. The lowest BCUT2D eigenvalue weighted by Crippen LogP contribution is -2.67. The number of aliphatic hydroxyl groups is 6. The topological polar surface area (TPSA) is 201 Å². The van der Waals surface area contributed by atoms with Gasteiger partial charge in [0.1, 0.15) is 36.6 Å². The molecule has 2 heterocycles. The molecule has 0 radical (unpaired) electrons. The molecular formula is C12H24N2O9. The molecule has 23 heavy (non-hydrogen) atoms. The van der Waals surface area contributed by atoms with Crippen LogP contribution in [0.3, 0.4) is 0 Å². The predicted octanol–water partition coefficient (Wildman–Crippen LogP) is -5.46. The second-order valence-electron chi connectivity index (χ2n) is 5.70. The third kappa shape index (κ3) is 3.65. The number of hydrogen-bond acceptors (Lipinski definition) is 11. The SMILES string of the molecule is NC1C(O)[C@H](O)C(CO)O[C@H]1O[C@@H]1C(CO)O[C@@H](O)C(N)C1O. The summed E-state index contributed by atoms with van der Waals surface area (Å²) in [4.78, 5) is 0. The molecule has 0 aliphatic carbocycles. The van der Waals surface area contributed by atoms with Gasteiger partial charge in [-0.05, 0) is 0 Å². The van der Waals surface area contributed by atoms with Crippen LogP contribution in [0.25, 0.3) is 0 Å². The number of nitrogens with two attached hydrogens (primary N) is 2. The second-order valence-corrected chi connectivity index (χ2v) is 5.70. The number of hydrogen-bond donors (Lipinski definition) is 8. The fourth-order valence-corrected chi connectivity index (χ4v) is 2.65. The minimum atomic E-state index is -1.49. The van der Waals surface area contributed by atoms with E-state index >= 15 is 0 Å². The fraction of sp³-hybridized carbons (Fsp3) is 1.00. The standard InChI is InChI=1S/C12H24N2O9/c13-5-9(19)10(4(2-16)21-11(5)20)23-12-6(14)8(18)7(17)3(1-15)22-12/h3-12,15-20H,1-2,13-14H2/t3?,4?,5?,6?,7-,8?,9?,10-,11-,12+/m1/s1. The third-order valence-electron chi connectivity index (χ3n) is 4.14. The Morgan fingerprint density at radius 2 is 1.39 bits per heavy atom. The summed E-state index contributed by atoms with van der Waals surface area (Å²) in [5.41, 5.74) is 11.3.